The second kappa shape index (κ2) is 4.70. The van der Waals surface area contributed by atoms with Gasteiger partial charge in [-0.05, 0) is 19.3 Å². The van der Waals surface area contributed by atoms with Crippen LogP contribution in [0.4, 0.5) is 0 Å². The monoisotopic (exact) mass is 160 g/mol. The highest BCUT2D eigenvalue weighted by atomic mass is 16.7. The summed E-state index contributed by atoms with van der Waals surface area (Å²) in [6, 6.07) is 0. The largest absolute Gasteiger partial charge is 0.396 e. The van der Waals surface area contributed by atoms with Crippen molar-refractivity contribution >= 4 is 0 Å². The van der Waals surface area contributed by atoms with Crippen LogP contribution in [0, 0.1) is 5.92 Å². The first kappa shape index (κ1) is 8.97. The van der Waals surface area contributed by atoms with E-state index in [9.17, 15) is 0 Å². The molecule has 0 aromatic heterocycles. The average Bonchev–Trinajstić information content (AvgIpc) is 2.38. The molecule has 3 heteroatoms. The van der Waals surface area contributed by atoms with E-state index in [1.54, 1.807) is 0 Å². The van der Waals surface area contributed by atoms with Crippen molar-refractivity contribution in [2.75, 3.05) is 19.8 Å². The zero-order valence-corrected chi connectivity index (χ0v) is 6.95. The minimum absolute atomic E-state index is 0.0171. The lowest BCUT2D eigenvalue weighted by atomic mass is 10.1. The molecule has 0 aromatic carbocycles. The second-order valence-corrected chi connectivity index (χ2v) is 2.83. The molecule has 66 valence electrons. The van der Waals surface area contributed by atoms with Gasteiger partial charge in [-0.1, -0.05) is 0 Å². The predicted molar refractivity (Wildman–Crippen MR) is 41.2 cm³/mol. The normalized spacial score (nSPS) is 31.1. The number of hydrogen-bond acceptors (Lipinski definition) is 3. The van der Waals surface area contributed by atoms with Crippen LogP contribution in [0.3, 0.4) is 0 Å². The summed E-state index contributed by atoms with van der Waals surface area (Å²) in [5.74, 6) is 0.497. The fourth-order valence-electron chi connectivity index (χ4n) is 1.34. The first-order valence-corrected chi connectivity index (χ1v) is 4.21. The predicted octanol–water partition coefficient (Wildman–Crippen LogP) is 0.768. The van der Waals surface area contributed by atoms with Crippen LogP contribution in [-0.2, 0) is 9.47 Å². The molecule has 0 amide bonds. The third kappa shape index (κ3) is 2.77. The highest BCUT2D eigenvalue weighted by Gasteiger charge is 2.24. The molecule has 1 aliphatic rings. The summed E-state index contributed by atoms with van der Waals surface area (Å²) in [7, 11) is 0. The number of aliphatic hydroxyl groups excluding tert-OH is 1. The van der Waals surface area contributed by atoms with Gasteiger partial charge in [-0.15, -0.1) is 0 Å². The van der Waals surface area contributed by atoms with Crippen LogP contribution in [0.1, 0.15) is 19.8 Å². The molecule has 0 bridgehead atoms. The molecule has 0 radical (unpaired) electrons. The fraction of sp³-hybridized carbons (Fsp3) is 1.00. The van der Waals surface area contributed by atoms with Gasteiger partial charge in [0.05, 0.1) is 6.61 Å². The summed E-state index contributed by atoms with van der Waals surface area (Å²) < 4.78 is 10.6. The Bertz CT molecular complexity index is 93.5. The van der Waals surface area contributed by atoms with Crippen LogP contribution in [-0.4, -0.2) is 31.2 Å². The van der Waals surface area contributed by atoms with E-state index in [0.717, 1.165) is 19.4 Å². The van der Waals surface area contributed by atoms with Gasteiger partial charge in [-0.3, -0.25) is 0 Å². The van der Waals surface area contributed by atoms with Gasteiger partial charge < -0.3 is 14.6 Å². The lowest BCUT2D eigenvalue weighted by Crippen LogP contribution is -2.10. The fourth-order valence-corrected chi connectivity index (χ4v) is 1.34. The van der Waals surface area contributed by atoms with Gasteiger partial charge >= 0.3 is 0 Å². The van der Waals surface area contributed by atoms with Crippen LogP contribution >= 0.6 is 0 Å². The Hall–Kier alpha value is -0.120. The third-order valence-corrected chi connectivity index (χ3v) is 1.93. The number of hydrogen-bond donors (Lipinski definition) is 1. The van der Waals surface area contributed by atoms with Crippen LogP contribution in [0.5, 0.6) is 0 Å². The molecule has 0 spiro atoms. The third-order valence-electron chi connectivity index (χ3n) is 1.93. The molecule has 1 fully saturated rings. The molecule has 1 N–H and O–H groups in total. The van der Waals surface area contributed by atoms with Crippen molar-refractivity contribution in [1.82, 2.24) is 0 Å². The van der Waals surface area contributed by atoms with Gasteiger partial charge in [0.15, 0.2) is 6.29 Å². The Morgan fingerprint density at radius 2 is 2.45 bits per heavy atom. The van der Waals surface area contributed by atoms with Gasteiger partial charge in [0.25, 0.3) is 0 Å². The zero-order valence-electron chi connectivity index (χ0n) is 6.95. The Morgan fingerprint density at radius 1 is 1.64 bits per heavy atom. The first-order valence-electron chi connectivity index (χ1n) is 4.21. The average molecular weight is 160 g/mol. The summed E-state index contributed by atoms with van der Waals surface area (Å²) >= 11 is 0. The molecule has 3 nitrogen and oxygen atoms in total. The van der Waals surface area contributed by atoms with E-state index in [1.165, 1.54) is 0 Å². The quantitative estimate of drug-likeness (QED) is 0.660. The maximum absolute atomic E-state index is 8.65. The van der Waals surface area contributed by atoms with Crippen LogP contribution in [0.2, 0.25) is 0 Å². The van der Waals surface area contributed by atoms with Crippen LogP contribution < -0.4 is 0 Å². The van der Waals surface area contributed by atoms with Gasteiger partial charge in [0.1, 0.15) is 0 Å². The van der Waals surface area contributed by atoms with Crippen molar-refractivity contribution in [2.45, 2.75) is 26.1 Å². The van der Waals surface area contributed by atoms with Crippen molar-refractivity contribution in [3.63, 3.8) is 0 Å². The van der Waals surface area contributed by atoms with Crippen LogP contribution in [0.25, 0.3) is 0 Å². The van der Waals surface area contributed by atoms with E-state index in [0.29, 0.717) is 12.5 Å². The van der Waals surface area contributed by atoms with Crippen LogP contribution in [0.15, 0.2) is 0 Å². The summed E-state index contributed by atoms with van der Waals surface area (Å²) in [6.45, 7) is 3.66. The molecule has 1 aliphatic heterocycles. The highest BCUT2D eigenvalue weighted by molar-refractivity contribution is 4.67. The molecule has 0 saturated carbocycles. The van der Waals surface area contributed by atoms with E-state index in [2.05, 4.69) is 0 Å². The summed E-state index contributed by atoms with van der Waals surface area (Å²) in [6.07, 6.45) is 1.76. The molecule has 0 unspecified atom stereocenters. The SMILES string of the molecule is CCO[C@H]1C[C@@H](CCO)CO1. The van der Waals surface area contributed by atoms with Crippen molar-refractivity contribution in [1.29, 1.82) is 0 Å². The Kier molecular flexibility index (Phi) is 3.83. The Morgan fingerprint density at radius 3 is 3.09 bits per heavy atom. The highest BCUT2D eigenvalue weighted by Crippen LogP contribution is 2.22. The smallest absolute Gasteiger partial charge is 0.157 e. The van der Waals surface area contributed by atoms with E-state index < -0.39 is 0 Å². The molecular formula is C8H16O3. The minimum Gasteiger partial charge on any atom is -0.396 e. The lowest BCUT2D eigenvalue weighted by Gasteiger charge is -2.07. The molecule has 1 saturated heterocycles. The number of aliphatic hydroxyl groups is 1. The number of rotatable bonds is 4. The summed E-state index contributed by atoms with van der Waals surface area (Å²) in [5, 5.41) is 8.65. The van der Waals surface area contributed by atoms with Gasteiger partial charge in [-0.25, -0.2) is 0 Å². The van der Waals surface area contributed by atoms with E-state index in [-0.39, 0.29) is 12.9 Å². The Labute approximate surface area is 67.3 Å². The standard InChI is InChI=1S/C8H16O3/c1-2-10-8-5-7(3-4-9)6-11-8/h7-9H,2-6H2,1H3/t7-,8-/m1/s1. The molecular weight excluding hydrogens is 144 g/mol. The van der Waals surface area contributed by atoms with Crippen molar-refractivity contribution in [3.8, 4) is 0 Å². The molecule has 0 aromatic rings. The molecule has 0 aliphatic carbocycles. The van der Waals surface area contributed by atoms with E-state index in [4.69, 9.17) is 14.6 Å². The topological polar surface area (TPSA) is 38.7 Å². The minimum atomic E-state index is -0.0171. The van der Waals surface area contributed by atoms with Gasteiger partial charge in [0, 0.05) is 19.6 Å². The van der Waals surface area contributed by atoms with Crippen molar-refractivity contribution < 1.29 is 14.6 Å². The molecule has 1 heterocycles. The van der Waals surface area contributed by atoms with Gasteiger partial charge in [-0.2, -0.15) is 0 Å². The molecule has 1 rings (SSSR count). The summed E-state index contributed by atoms with van der Waals surface area (Å²) in [4.78, 5) is 0. The first-order chi connectivity index (χ1) is 5.36. The Balaban J connectivity index is 2.12. The van der Waals surface area contributed by atoms with Crippen molar-refractivity contribution in [3.05, 3.63) is 0 Å². The molecule has 2 atom stereocenters. The number of ether oxygens (including phenoxy) is 2. The van der Waals surface area contributed by atoms with E-state index in [1.807, 2.05) is 6.92 Å². The van der Waals surface area contributed by atoms with Gasteiger partial charge in [0.2, 0.25) is 0 Å². The maximum atomic E-state index is 8.65. The maximum Gasteiger partial charge on any atom is 0.157 e. The van der Waals surface area contributed by atoms with E-state index >= 15 is 0 Å². The lowest BCUT2D eigenvalue weighted by molar-refractivity contribution is -0.106. The van der Waals surface area contributed by atoms with Crippen molar-refractivity contribution in [2.24, 2.45) is 5.92 Å². The zero-order chi connectivity index (χ0) is 8.10. The molecule has 11 heavy (non-hydrogen) atoms. The summed E-state index contributed by atoms with van der Waals surface area (Å²) in [5.41, 5.74) is 0. The second-order valence-electron chi connectivity index (χ2n) is 2.83.